The zero-order valence-corrected chi connectivity index (χ0v) is 29.3. The van der Waals surface area contributed by atoms with Crippen molar-refractivity contribution in [2.24, 2.45) is 17.2 Å². The van der Waals surface area contributed by atoms with Crippen molar-refractivity contribution in [2.45, 2.75) is 63.5 Å². The molecule has 11 nitrogen and oxygen atoms in total. The smallest absolute Gasteiger partial charge is 0.248 e. The number of hydrogen-bond acceptors (Lipinski definition) is 9. The summed E-state index contributed by atoms with van der Waals surface area (Å²) in [6.45, 7) is 3.33. The Morgan fingerprint density at radius 1 is 0.812 bits per heavy atom. The van der Waals surface area contributed by atoms with E-state index < -0.39 is 6.04 Å². The number of unbranched alkanes of at least 4 members (excludes halogenated alkanes) is 2. The van der Waals surface area contributed by atoms with E-state index in [9.17, 15) is 9.59 Å². The third-order valence-corrected chi connectivity index (χ3v) is 9.09. The molecule has 0 aliphatic heterocycles. The fourth-order valence-electron chi connectivity index (χ4n) is 6.20. The molecule has 11 heteroatoms. The highest BCUT2D eigenvalue weighted by atomic mass is 16.5. The van der Waals surface area contributed by atoms with Crippen LogP contribution in [0.4, 0.5) is 0 Å². The van der Waals surface area contributed by atoms with Gasteiger partial charge in [-0.05, 0) is 108 Å². The van der Waals surface area contributed by atoms with Crippen molar-refractivity contribution < 1.29 is 14.3 Å². The summed E-state index contributed by atoms with van der Waals surface area (Å²) in [4.78, 5) is 31.8. The molecule has 0 amide bonds. The molecule has 0 spiro atoms. The molecule has 4 rings (SSSR count). The number of benzene rings is 2. The van der Waals surface area contributed by atoms with Gasteiger partial charge in [-0.15, -0.1) is 0 Å². The normalized spacial score (nSPS) is 13.2. The van der Waals surface area contributed by atoms with Crippen LogP contribution in [0.1, 0.15) is 59.2 Å². The van der Waals surface area contributed by atoms with Gasteiger partial charge in [0.1, 0.15) is 5.75 Å². The second kappa shape index (κ2) is 18.3. The molecule has 4 aromatic rings. The molecule has 0 radical (unpaired) electrons. The number of para-hydroxylation sites is 1. The molecule has 0 aliphatic carbocycles. The Labute approximate surface area is 285 Å². The lowest BCUT2D eigenvalue weighted by atomic mass is 10.1. The van der Waals surface area contributed by atoms with Gasteiger partial charge in [-0.1, -0.05) is 31.0 Å². The van der Waals surface area contributed by atoms with E-state index in [1.807, 2.05) is 60.4 Å². The molecule has 0 bridgehead atoms. The van der Waals surface area contributed by atoms with Gasteiger partial charge >= 0.3 is 0 Å². The number of carbonyl (C=O) groups is 2. The van der Waals surface area contributed by atoms with E-state index in [-0.39, 0.29) is 17.9 Å². The van der Waals surface area contributed by atoms with Crippen LogP contribution in [0.5, 0.6) is 5.75 Å². The predicted octanol–water partition coefficient (Wildman–Crippen LogP) is 3.66. The lowest BCUT2D eigenvalue weighted by Crippen LogP contribution is -2.45. The number of rotatable bonds is 20. The number of methoxy groups -OCH3 is 1. The number of nitrogens with zero attached hydrogens (tertiary/aromatic N) is 4. The van der Waals surface area contributed by atoms with Crippen LogP contribution in [-0.4, -0.2) is 104 Å². The molecule has 2 aromatic heterocycles. The number of fused-ring (bicyclic) bond motifs is 2. The molecule has 0 aliphatic rings. The standard InChI is InChI=1S/C37H56N8O3/c1-42(2)21-17-27-24-45(34-14-6-5-11-30(27)34)37(47)33(13-8-10-20-39)41-26-43(3)22-18-28-25-44(36(46)32(40)12-7-9-19-38)35-16-15-29(48-4)23-31(28)35/h5-6,11,14-16,23-25,32-33,41H,7-10,12-13,17-22,26,38-40H2,1-4H3/t32-,33-/m0/s1. The van der Waals surface area contributed by atoms with Crippen molar-refractivity contribution in [3.63, 3.8) is 0 Å². The average molecular weight is 661 g/mol. The van der Waals surface area contributed by atoms with Crippen LogP contribution in [0.15, 0.2) is 54.9 Å². The molecule has 262 valence electrons. The zero-order chi connectivity index (χ0) is 34.6. The van der Waals surface area contributed by atoms with Gasteiger partial charge in [0.25, 0.3) is 0 Å². The molecule has 0 saturated heterocycles. The maximum Gasteiger partial charge on any atom is 0.248 e. The summed E-state index contributed by atoms with van der Waals surface area (Å²) in [6.07, 6.45) is 10.2. The monoisotopic (exact) mass is 660 g/mol. The van der Waals surface area contributed by atoms with Crippen molar-refractivity contribution >= 4 is 33.6 Å². The highest BCUT2D eigenvalue weighted by molar-refractivity contribution is 5.98. The average Bonchev–Trinajstić information content (AvgIpc) is 3.65. The molecule has 0 saturated carbocycles. The Kier molecular flexibility index (Phi) is 14.2. The Morgan fingerprint density at radius 2 is 1.44 bits per heavy atom. The van der Waals surface area contributed by atoms with Crippen LogP contribution in [-0.2, 0) is 12.8 Å². The number of likely N-dealkylation sites (N-methyl/N-ethyl adjacent to an activating group) is 2. The molecular formula is C37H56N8O3. The molecule has 7 N–H and O–H groups in total. The van der Waals surface area contributed by atoms with Crippen LogP contribution < -0.4 is 27.3 Å². The van der Waals surface area contributed by atoms with Crippen LogP contribution in [0.25, 0.3) is 21.8 Å². The molecule has 0 unspecified atom stereocenters. The summed E-state index contributed by atoms with van der Waals surface area (Å²) in [6, 6.07) is 13.0. The Balaban J connectivity index is 1.48. The molecular weight excluding hydrogens is 604 g/mol. The summed E-state index contributed by atoms with van der Waals surface area (Å²) >= 11 is 0. The van der Waals surface area contributed by atoms with Crippen molar-refractivity contribution in [1.29, 1.82) is 0 Å². The summed E-state index contributed by atoms with van der Waals surface area (Å²) in [5.74, 6) is 0.659. The van der Waals surface area contributed by atoms with E-state index in [2.05, 4.69) is 35.3 Å². The van der Waals surface area contributed by atoms with E-state index in [1.165, 1.54) is 5.56 Å². The third-order valence-electron chi connectivity index (χ3n) is 9.09. The highest BCUT2D eigenvalue weighted by Gasteiger charge is 2.24. The van der Waals surface area contributed by atoms with Crippen molar-refractivity contribution in [3.8, 4) is 5.75 Å². The van der Waals surface area contributed by atoms with Gasteiger partial charge in [0.05, 0.1) is 30.2 Å². The van der Waals surface area contributed by atoms with Crippen molar-refractivity contribution in [1.82, 2.24) is 24.3 Å². The first-order valence-corrected chi connectivity index (χ1v) is 17.3. The van der Waals surface area contributed by atoms with Crippen molar-refractivity contribution in [3.05, 3.63) is 66.0 Å². The summed E-state index contributed by atoms with van der Waals surface area (Å²) in [5, 5.41) is 5.65. The summed E-state index contributed by atoms with van der Waals surface area (Å²) < 4.78 is 9.03. The molecule has 2 heterocycles. The minimum Gasteiger partial charge on any atom is -0.497 e. The lowest BCUT2D eigenvalue weighted by molar-refractivity contribution is 0.0845. The van der Waals surface area contributed by atoms with Gasteiger partial charge in [-0.25, -0.2) is 0 Å². The van der Waals surface area contributed by atoms with Gasteiger partial charge in [0.2, 0.25) is 11.8 Å². The van der Waals surface area contributed by atoms with E-state index in [4.69, 9.17) is 21.9 Å². The first-order chi connectivity index (χ1) is 23.2. The minimum absolute atomic E-state index is 0.0456. The molecule has 48 heavy (non-hydrogen) atoms. The lowest BCUT2D eigenvalue weighted by Gasteiger charge is -2.23. The van der Waals surface area contributed by atoms with E-state index in [0.29, 0.717) is 45.6 Å². The molecule has 2 atom stereocenters. The number of ether oxygens (including phenoxy) is 1. The Hall–Kier alpha value is -3.58. The van der Waals surface area contributed by atoms with Crippen LogP contribution in [0, 0.1) is 0 Å². The number of nitrogens with one attached hydrogen (secondary N) is 1. The van der Waals surface area contributed by atoms with E-state index in [1.54, 1.807) is 11.7 Å². The maximum absolute atomic E-state index is 14.1. The van der Waals surface area contributed by atoms with E-state index in [0.717, 1.165) is 71.8 Å². The van der Waals surface area contributed by atoms with Gasteiger partial charge in [-0.3, -0.25) is 28.9 Å². The second-order valence-corrected chi connectivity index (χ2v) is 13.1. The number of carbonyl (C=O) groups excluding carboxylic acids is 2. The fourth-order valence-corrected chi connectivity index (χ4v) is 6.20. The van der Waals surface area contributed by atoms with Gasteiger partial charge in [-0.2, -0.15) is 0 Å². The van der Waals surface area contributed by atoms with Gasteiger partial charge in [0.15, 0.2) is 0 Å². The third kappa shape index (κ3) is 9.52. The maximum atomic E-state index is 14.1. The van der Waals surface area contributed by atoms with Gasteiger partial charge < -0.3 is 26.8 Å². The first-order valence-electron chi connectivity index (χ1n) is 17.3. The summed E-state index contributed by atoms with van der Waals surface area (Å²) in [7, 11) is 7.81. The summed E-state index contributed by atoms with van der Waals surface area (Å²) in [5.41, 5.74) is 21.7. The topological polar surface area (TPSA) is 150 Å². The Morgan fingerprint density at radius 3 is 2.12 bits per heavy atom. The number of hydrogen-bond donors (Lipinski definition) is 4. The van der Waals surface area contributed by atoms with Crippen LogP contribution in [0.3, 0.4) is 0 Å². The highest BCUT2D eigenvalue weighted by Crippen LogP contribution is 2.27. The fraction of sp³-hybridized carbons (Fsp3) is 0.514. The van der Waals surface area contributed by atoms with Crippen LogP contribution in [0.2, 0.25) is 0 Å². The van der Waals surface area contributed by atoms with E-state index >= 15 is 0 Å². The Bertz CT molecular complexity index is 1630. The predicted molar refractivity (Wildman–Crippen MR) is 196 cm³/mol. The zero-order valence-electron chi connectivity index (χ0n) is 29.3. The number of aromatic nitrogens is 2. The number of nitrogens with two attached hydrogens (primary N) is 3. The van der Waals surface area contributed by atoms with Crippen molar-refractivity contribution in [2.75, 3.05) is 61.1 Å². The minimum atomic E-state index is -0.593. The van der Waals surface area contributed by atoms with Gasteiger partial charge in [0, 0.05) is 42.9 Å². The second-order valence-electron chi connectivity index (χ2n) is 13.1. The largest absolute Gasteiger partial charge is 0.497 e. The van der Waals surface area contributed by atoms with Crippen LogP contribution >= 0.6 is 0 Å². The SMILES string of the molecule is COc1ccc2c(c1)c(CCN(C)CN[C@@H](CCCCN)C(=O)n1cc(CCN(C)C)c3ccccc31)cn2C(=O)[C@@H](N)CCCCN. The molecule has 2 aromatic carbocycles. The first kappa shape index (κ1) is 37.2. The quantitative estimate of drug-likeness (QED) is 0.0823. The molecule has 0 fully saturated rings.